The fraction of sp³-hybridized carbons (Fsp3) is 0.462. The Hall–Kier alpha value is -1.59. The number of carbonyl (C=O) groups excluding carboxylic acids is 1. The topological polar surface area (TPSA) is 75.8 Å². The van der Waals surface area contributed by atoms with Gasteiger partial charge in [-0.2, -0.15) is 0 Å². The molecule has 0 spiro atoms. The second-order valence-electron chi connectivity index (χ2n) is 4.41. The van der Waals surface area contributed by atoms with Crippen LogP contribution in [0.3, 0.4) is 0 Å². The van der Waals surface area contributed by atoms with E-state index in [4.69, 9.17) is 10.5 Å². The summed E-state index contributed by atoms with van der Waals surface area (Å²) in [5.41, 5.74) is 6.87. The lowest BCUT2D eigenvalue weighted by Gasteiger charge is -2.29. The highest BCUT2D eigenvalue weighted by Gasteiger charge is 2.22. The van der Waals surface area contributed by atoms with Gasteiger partial charge in [0.1, 0.15) is 5.75 Å². The first-order valence-electron chi connectivity index (χ1n) is 6.07. The van der Waals surface area contributed by atoms with Crippen LogP contribution in [0.15, 0.2) is 24.3 Å². The predicted octanol–water partition coefficient (Wildman–Crippen LogP) is 0.121. The van der Waals surface area contributed by atoms with Crippen molar-refractivity contribution in [2.75, 3.05) is 26.3 Å². The number of morpholine rings is 1. The zero-order chi connectivity index (χ0) is 13.0. The van der Waals surface area contributed by atoms with Crippen LogP contribution in [0.5, 0.6) is 5.75 Å². The third-order valence-electron chi connectivity index (χ3n) is 3.03. The van der Waals surface area contributed by atoms with Crippen LogP contribution in [-0.2, 0) is 16.0 Å². The maximum atomic E-state index is 12.1. The van der Waals surface area contributed by atoms with Crippen LogP contribution in [-0.4, -0.2) is 48.3 Å². The van der Waals surface area contributed by atoms with Gasteiger partial charge in [0.25, 0.3) is 0 Å². The quantitative estimate of drug-likeness (QED) is 0.799. The Morgan fingerprint density at radius 2 is 1.94 bits per heavy atom. The maximum absolute atomic E-state index is 12.1. The Kier molecular flexibility index (Phi) is 4.17. The van der Waals surface area contributed by atoms with Gasteiger partial charge in [0.05, 0.1) is 19.3 Å². The van der Waals surface area contributed by atoms with Crippen molar-refractivity contribution in [2.45, 2.75) is 12.5 Å². The van der Waals surface area contributed by atoms with E-state index in [2.05, 4.69) is 0 Å². The van der Waals surface area contributed by atoms with Gasteiger partial charge in [0.2, 0.25) is 5.91 Å². The van der Waals surface area contributed by atoms with Crippen molar-refractivity contribution in [1.82, 2.24) is 4.90 Å². The molecule has 1 aliphatic heterocycles. The second-order valence-corrected chi connectivity index (χ2v) is 4.41. The molecule has 5 heteroatoms. The average Bonchev–Trinajstić information content (AvgIpc) is 2.41. The lowest BCUT2D eigenvalue weighted by atomic mass is 10.1. The van der Waals surface area contributed by atoms with Crippen molar-refractivity contribution < 1.29 is 14.6 Å². The van der Waals surface area contributed by atoms with Crippen molar-refractivity contribution in [2.24, 2.45) is 5.73 Å². The van der Waals surface area contributed by atoms with Gasteiger partial charge in [-0.15, -0.1) is 0 Å². The number of hydrogen-bond donors (Lipinski definition) is 2. The zero-order valence-corrected chi connectivity index (χ0v) is 10.2. The number of nitrogens with two attached hydrogens (primary N) is 1. The minimum Gasteiger partial charge on any atom is -0.508 e. The molecule has 1 heterocycles. The highest BCUT2D eigenvalue weighted by Crippen LogP contribution is 2.12. The number of amides is 1. The van der Waals surface area contributed by atoms with E-state index in [-0.39, 0.29) is 11.7 Å². The number of carbonyl (C=O) groups is 1. The van der Waals surface area contributed by atoms with Crippen LogP contribution in [0.2, 0.25) is 0 Å². The monoisotopic (exact) mass is 250 g/mol. The van der Waals surface area contributed by atoms with E-state index in [0.717, 1.165) is 5.56 Å². The molecule has 0 radical (unpaired) electrons. The average molecular weight is 250 g/mol. The van der Waals surface area contributed by atoms with Gasteiger partial charge < -0.3 is 20.5 Å². The minimum atomic E-state index is -0.535. The molecule has 1 saturated heterocycles. The van der Waals surface area contributed by atoms with Crippen LogP contribution >= 0.6 is 0 Å². The summed E-state index contributed by atoms with van der Waals surface area (Å²) in [6, 6.07) is 6.22. The zero-order valence-electron chi connectivity index (χ0n) is 10.2. The summed E-state index contributed by atoms with van der Waals surface area (Å²) < 4.78 is 5.20. The number of phenolic OH excluding ortho intramolecular Hbond substituents is 1. The third kappa shape index (κ3) is 3.21. The predicted molar refractivity (Wildman–Crippen MR) is 67.2 cm³/mol. The summed E-state index contributed by atoms with van der Waals surface area (Å²) in [4.78, 5) is 13.8. The first kappa shape index (κ1) is 12.9. The molecule has 1 aliphatic rings. The fourth-order valence-electron chi connectivity index (χ4n) is 1.99. The first-order valence-corrected chi connectivity index (χ1v) is 6.07. The number of benzene rings is 1. The second kappa shape index (κ2) is 5.84. The van der Waals surface area contributed by atoms with E-state index >= 15 is 0 Å². The number of hydrogen-bond acceptors (Lipinski definition) is 4. The van der Waals surface area contributed by atoms with E-state index < -0.39 is 6.04 Å². The van der Waals surface area contributed by atoms with E-state index in [0.29, 0.717) is 32.7 Å². The van der Waals surface area contributed by atoms with Crippen LogP contribution < -0.4 is 5.73 Å². The van der Waals surface area contributed by atoms with Gasteiger partial charge in [-0.1, -0.05) is 12.1 Å². The SMILES string of the molecule is N[C@H](Cc1ccc(O)cc1)C(=O)N1CCOCC1. The molecule has 1 aromatic rings. The lowest BCUT2D eigenvalue weighted by Crippen LogP contribution is -2.49. The number of nitrogens with zero attached hydrogens (tertiary/aromatic N) is 1. The highest BCUT2D eigenvalue weighted by molar-refractivity contribution is 5.82. The van der Waals surface area contributed by atoms with Crippen molar-refractivity contribution in [1.29, 1.82) is 0 Å². The van der Waals surface area contributed by atoms with Crippen LogP contribution in [0.1, 0.15) is 5.56 Å². The summed E-state index contributed by atoms with van der Waals surface area (Å²) in [5, 5.41) is 9.18. The van der Waals surface area contributed by atoms with E-state index in [1.807, 2.05) is 0 Å². The lowest BCUT2D eigenvalue weighted by molar-refractivity contribution is -0.136. The summed E-state index contributed by atoms with van der Waals surface area (Å²) in [6.45, 7) is 2.39. The molecular weight excluding hydrogens is 232 g/mol. The fourth-order valence-corrected chi connectivity index (χ4v) is 1.99. The molecule has 98 valence electrons. The van der Waals surface area contributed by atoms with E-state index in [9.17, 15) is 9.90 Å². The molecule has 18 heavy (non-hydrogen) atoms. The van der Waals surface area contributed by atoms with Gasteiger partial charge in [-0.3, -0.25) is 4.79 Å². The first-order chi connectivity index (χ1) is 8.66. The molecule has 1 fully saturated rings. The number of phenols is 1. The number of rotatable bonds is 3. The van der Waals surface area contributed by atoms with Crippen molar-refractivity contribution in [3.63, 3.8) is 0 Å². The molecular formula is C13H18N2O3. The molecule has 0 aromatic heterocycles. The summed E-state index contributed by atoms with van der Waals surface area (Å²) in [5.74, 6) is 0.179. The molecule has 2 rings (SSSR count). The van der Waals surface area contributed by atoms with Crippen LogP contribution in [0, 0.1) is 0 Å². The molecule has 1 amide bonds. The van der Waals surface area contributed by atoms with Crippen LogP contribution in [0.4, 0.5) is 0 Å². The normalized spacial score (nSPS) is 17.5. The molecule has 0 unspecified atom stereocenters. The molecule has 0 bridgehead atoms. The Morgan fingerprint density at radius 1 is 1.33 bits per heavy atom. The van der Waals surface area contributed by atoms with Gasteiger partial charge in [0.15, 0.2) is 0 Å². The molecule has 5 nitrogen and oxygen atoms in total. The Morgan fingerprint density at radius 3 is 2.56 bits per heavy atom. The maximum Gasteiger partial charge on any atom is 0.239 e. The molecule has 1 atom stereocenters. The van der Waals surface area contributed by atoms with Gasteiger partial charge in [-0.25, -0.2) is 0 Å². The minimum absolute atomic E-state index is 0.0358. The van der Waals surface area contributed by atoms with Gasteiger partial charge in [0, 0.05) is 13.1 Å². The largest absolute Gasteiger partial charge is 0.508 e. The highest BCUT2D eigenvalue weighted by atomic mass is 16.5. The Balaban J connectivity index is 1.92. The molecule has 1 aromatic carbocycles. The van der Waals surface area contributed by atoms with Crippen LogP contribution in [0.25, 0.3) is 0 Å². The Bertz CT molecular complexity index is 399. The standard InChI is InChI=1S/C13H18N2O3/c14-12(9-10-1-3-11(16)4-2-10)13(17)15-5-7-18-8-6-15/h1-4,12,16H,5-9,14H2/t12-/m1/s1. The Labute approximate surface area is 106 Å². The van der Waals surface area contributed by atoms with Crippen molar-refractivity contribution >= 4 is 5.91 Å². The van der Waals surface area contributed by atoms with E-state index in [1.165, 1.54) is 0 Å². The summed E-state index contributed by atoms with van der Waals surface area (Å²) in [7, 11) is 0. The molecule has 3 N–H and O–H groups in total. The summed E-state index contributed by atoms with van der Waals surface area (Å²) in [6.07, 6.45) is 0.483. The molecule has 0 aliphatic carbocycles. The number of ether oxygens (including phenoxy) is 1. The van der Waals surface area contributed by atoms with Gasteiger partial charge >= 0.3 is 0 Å². The third-order valence-corrected chi connectivity index (χ3v) is 3.03. The van der Waals surface area contributed by atoms with E-state index in [1.54, 1.807) is 29.2 Å². The molecule has 0 saturated carbocycles. The van der Waals surface area contributed by atoms with Crippen molar-refractivity contribution in [3.8, 4) is 5.75 Å². The summed E-state index contributed by atoms with van der Waals surface area (Å²) >= 11 is 0. The smallest absolute Gasteiger partial charge is 0.239 e. The van der Waals surface area contributed by atoms with Crippen molar-refractivity contribution in [3.05, 3.63) is 29.8 Å². The van der Waals surface area contributed by atoms with Gasteiger partial charge in [-0.05, 0) is 24.1 Å². The number of aromatic hydroxyl groups is 1.